The number of hydrogen-bond acceptors (Lipinski definition) is 2. The zero-order chi connectivity index (χ0) is 14.6. The van der Waals surface area contributed by atoms with Crippen molar-refractivity contribution in [3.05, 3.63) is 35.6 Å². The molecule has 0 bridgehead atoms. The maximum atomic E-state index is 13.5. The third kappa shape index (κ3) is 4.05. The molecular formula is C14H18FNO3. The van der Waals surface area contributed by atoms with E-state index in [-0.39, 0.29) is 6.42 Å². The van der Waals surface area contributed by atoms with Crippen molar-refractivity contribution < 1.29 is 19.1 Å². The Morgan fingerprint density at radius 1 is 1.37 bits per heavy atom. The van der Waals surface area contributed by atoms with Gasteiger partial charge < -0.3 is 10.4 Å². The van der Waals surface area contributed by atoms with Crippen molar-refractivity contribution >= 4 is 11.9 Å². The Morgan fingerprint density at radius 3 is 2.47 bits per heavy atom. The Morgan fingerprint density at radius 2 is 1.95 bits per heavy atom. The Bertz CT molecular complexity index is 485. The van der Waals surface area contributed by atoms with Crippen LogP contribution in [0.15, 0.2) is 24.3 Å². The Labute approximate surface area is 111 Å². The molecule has 1 amide bonds. The molecule has 0 saturated heterocycles. The summed E-state index contributed by atoms with van der Waals surface area (Å²) in [5, 5.41) is 11.6. The van der Waals surface area contributed by atoms with Crippen molar-refractivity contribution in [3.8, 4) is 0 Å². The van der Waals surface area contributed by atoms with Crippen LogP contribution < -0.4 is 5.32 Å². The number of amides is 1. The number of carbonyl (C=O) groups is 2. The predicted octanol–water partition coefficient (Wildman–Crippen LogP) is 2.50. The van der Waals surface area contributed by atoms with E-state index in [4.69, 9.17) is 5.11 Å². The molecule has 0 aliphatic heterocycles. The van der Waals surface area contributed by atoms with E-state index in [0.29, 0.717) is 5.56 Å². The molecule has 0 fully saturated rings. The summed E-state index contributed by atoms with van der Waals surface area (Å²) in [6.45, 7) is 4.61. The molecule has 104 valence electrons. The van der Waals surface area contributed by atoms with Crippen LogP contribution in [-0.4, -0.2) is 17.0 Å². The van der Waals surface area contributed by atoms with Crippen molar-refractivity contribution in [1.29, 1.82) is 0 Å². The van der Waals surface area contributed by atoms with E-state index in [1.54, 1.807) is 25.1 Å². The van der Waals surface area contributed by atoms with Crippen molar-refractivity contribution in [2.24, 2.45) is 5.41 Å². The van der Waals surface area contributed by atoms with Gasteiger partial charge in [0.1, 0.15) is 5.82 Å². The average Bonchev–Trinajstić information content (AvgIpc) is 2.28. The molecule has 4 nitrogen and oxygen atoms in total. The molecule has 0 saturated carbocycles. The van der Waals surface area contributed by atoms with Crippen LogP contribution in [0, 0.1) is 11.2 Å². The molecular weight excluding hydrogens is 249 g/mol. The van der Waals surface area contributed by atoms with Crippen LogP contribution in [0.4, 0.5) is 4.39 Å². The first kappa shape index (κ1) is 15.1. The maximum absolute atomic E-state index is 13.5. The van der Waals surface area contributed by atoms with E-state index in [0.717, 1.165) is 0 Å². The van der Waals surface area contributed by atoms with Gasteiger partial charge in [0.2, 0.25) is 5.91 Å². The second-order valence-electron chi connectivity index (χ2n) is 5.18. The molecule has 0 spiro atoms. The fourth-order valence-corrected chi connectivity index (χ4v) is 1.67. The summed E-state index contributed by atoms with van der Waals surface area (Å²) in [7, 11) is 0. The number of carbonyl (C=O) groups excluding carboxylic acids is 1. The monoisotopic (exact) mass is 267 g/mol. The van der Waals surface area contributed by atoms with Crippen LogP contribution in [0.3, 0.4) is 0 Å². The van der Waals surface area contributed by atoms with Gasteiger partial charge in [-0.1, -0.05) is 18.2 Å². The van der Waals surface area contributed by atoms with Gasteiger partial charge in [0, 0.05) is 12.0 Å². The number of carboxylic acids is 1. The predicted molar refractivity (Wildman–Crippen MR) is 69.0 cm³/mol. The third-order valence-electron chi connectivity index (χ3n) is 2.93. The highest BCUT2D eigenvalue weighted by molar-refractivity contribution is 5.84. The van der Waals surface area contributed by atoms with Crippen LogP contribution in [0.5, 0.6) is 0 Å². The van der Waals surface area contributed by atoms with E-state index >= 15 is 0 Å². The molecule has 0 aliphatic carbocycles. The average molecular weight is 267 g/mol. The fourth-order valence-electron chi connectivity index (χ4n) is 1.67. The summed E-state index contributed by atoms with van der Waals surface area (Å²) in [4.78, 5) is 22.7. The van der Waals surface area contributed by atoms with E-state index in [1.165, 1.54) is 19.9 Å². The molecule has 1 rings (SSSR count). The Kier molecular flexibility index (Phi) is 4.64. The minimum atomic E-state index is -1.14. The van der Waals surface area contributed by atoms with Gasteiger partial charge in [-0.2, -0.15) is 0 Å². The normalized spacial score (nSPS) is 12.8. The fraction of sp³-hybridized carbons (Fsp3) is 0.429. The van der Waals surface area contributed by atoms with E-state index in [2.05, 4.69) is 5.32 Å². The van der Waals surface area contributed by atoms with Gasteiger partial charge >= 0.3 is 5.97 Å². The van der Waals surface area contributed by atoms with E-state index < -0.39 is 29.2 Å². The largest absolute Gasteiger partial charge is 0.481 e. The van der Waals surface area contributed by atoms with Crippen molar-refractivity contribution in [3.63, 3.8) is 0 Å². The first-order chi connectivity index (χ1) is 8.74. The van der Waals surface area contributed by atoms with Crippen LogP contribution in [0.25, 0.3) is 0 Å². The Hall–Kier alpha value is -1.91. The van der Waals surface area contributed by atoms with Gasteiger partial charge in [-0.25, -0.2) is 4.39 Å². The second-order valence-corrected chi connectivity index (χ2v) is 5.18. The van der Waals surface area contributed by atoms with Crippen molar-refractivity contribution in [2.75, 3.05) is 0 Å². The summed E-state index contributed by atoms with van der Waals surface area (Å²) >= 11 is 0. The molecule has 19 heavy (non-hydrogen) atoms. The summed E-state index contributed by atoms with van der Waals surface area (Å²) in [6.07, 6.45) is -0.152. The summed E-state index contributed by atoms with van der Waals surface area (Å²) in [6, 6.07) is 5.66. The summed E-state index contributed by atoms with van der Waals surface area (Å²) in [5.41, 5.74) is -0.761. The zero-order valence-electron chi connectivity index (χ0n) is 11.2. The van der Waals surface area contributed by atoms with Gasteiger partial charge in [-0.15, -0.1) is 0 Å². The molecule has 1 aromatic rings. The highest BCUT2D eigenvalue weighted by Gasteiger charge is 2.30. The highest BCUT2D eigenvalue weighted by atomic mass is 19.1. The SMILES string of the molecule is CC(NC(=O)CC(C)(C)C(=O)O)c1ccccc1F. The number of halogens is 1. The van der Waals surface area contributed by atoms with Gasteiger partial charge in [0.25, 0.3) is 0 Å². The number of rotatable bonds is 5. The molecule has 0 radical (unpaired) electrons. The highest BCUT2D eigenvalue weighted by Crippen LogP contribution is 2.22. The molecule has 0 aromatic heterocycles. The molecule has 1 atom stereocenters. The quantitative estimate of drug-likeness (QED) is 0.861. The third-order valence-corrected chi connectivity index (χ3v) is 2.93. The molecule has 2 N–H and O–H groups in total. The zero-order valence-corrected chi connectivity index (χ0v) is 11.2. The second kappa shape index (κ2) is 5.82. The molecule has 1 unspecified atom stereocenters. The van der Waals surface area contributed by atoms with Crippen LogP contribution in [0.2, 0.25) is 0 Å². The summed E-state index contributed by atoms with van der Waals surface area (Å²) < 4.78 is 13.5. The van der Waals surface area contributed by atoms with E-state index in [1.807, 2.05) is 0 Å². The minimum absolute atomic E-state index is 0.152. The van der Waals surface area contributed by atoms with Gasteiger partial charge in [-0.05, 0) is 26.8 Å². The van der Waals surface area contributed by atoms with Crippen LogP contribution >= 0.6 is 0 Å². The van der Waals surface area contributed by atoms with Crippen LogP contribution in [0.1, 0.15) is 38.8 Å². The lowest BCUT2D eigenvalue weighted by atomic mass is 9.89. The van der Waals surface area contributed by atoms with E-state index in [9.17, 15) is 14.0 Å². The lowest BCUT2D eigenvalue weighted by Gasteiger charge is -2.21. The number of aliphatic carboxylic acids is 1. The van der Waals surface area contributed by atoms with Crippen molar-refractivity contribution in [2.45, 2.75) is 33.2 Å². The van der Waals surface area contributed by atoms with Crippen LogP contribution in [-0.2, 0) is 9.59 Å². The topological polar surface area (TPSA) is 66.4 Å². The number of benzene rings is 1. The first-order valence-corrected chi connectivity index (χ1v) is 6.01. The van der Waals surface area contributed by atoms with Gasteiger partial charge in [0.05, 0.1) is 11.5 Å². The number of hydrogen-bond donors (Lipinski definition) is 2. The van der Waals surface area contributed by atoms with Crippen molar-refractivity contribution in [1.82, 2.24) is 5.32 Å². The Balaban J connectivity index is 2.68. The molecule has 1 aromatic carbocycles. The molecule has 0 heterocycles. The van der Waals surface area contributed by atoms with Gasteiger partial charge in [-0.3, -0.25) is 9.59 Å². The minimum Gasteiger partial charge on any atom is -0.481 e. The van der Waals surface area contributed by atoms with Gasteiger partial charge in [0.15, 0.2) is 0 Å². The number of carboxylic acid groups (broad SMARTS) is 1. The smallest absolute Gasteiger partial charge is 0.309 e. The lowest BCUT2D eigenvalue weighted by molar-refractivity contribution is -0.149. The summed E-state index contributed by atoms with van der Waals surface area (Å²) in [5.74, 6) is -1.85. The molecule has 0 aliphatic rings. The standard InChI is InChI=1S/C14H18FNO3/c1-9(10-6-4-5-7-11(10)15)16-12(17)8-14(2,3)13(18)19/h4-7,9H,8H2,1-3H3,(H,16,17)(H,18,19). The first-order valence-electron chi connectivity index (χ1n) is 6.01. The lowest BCUT2D eigenvalue weighted by Crippen LogP contribution is -2.34. The molecule has 5 heteroatoms. The number of nitrogens with one attached hydrogen (secondary N) is 1. The maximum Gasteiger partial charge on any atom is 0.309 e.